The standard InChI is InChI=1S/C11H16N2O2/c1-8(12)9-4-3-5-10(6-9)13-11(14)7-15-2/h3-6,8H,7,12H2,1-2H3,(H,13,14). The van der Waals surface area contributed by atoms with Gasteiger partial charge in [0, 0.05) is 18.8 Å². The fourth-order valence-electron chi connectivity index (χ4n) is 1.23. The van der Waals surface area contributed by atoms with E-state index >= 15 is 0 Å². The minimum atomic E-state index is -0.167. The van der Waals surface area contributed by atoms with Crippen molar-refractivity contribution in [3.8, 4) is 0 Å². The molecule has 3 N–H and O–H groups in total. The van der Waals surface area contributed by atoms with Gasteiger partial charge < -0.3 is 15.8 Å². The molecule has 0 aliphatic carbocycles. The molecule has 0 radical (unpaired) electrons. The summed E-state index contributed by atoms with van der Waals surface area (Å²) in [5, 5.41) is 2.72. The summed E-state index contributed by atoms with van der Waals surface area (Å²) in [6.07, 6.45) is 0. The quantitative estimate of drug-likeness (QED) is 0.783. The predicted molar refractivity (Wildman–Crippen MR) is 59.6 cm³/mol. The maximum absolute atomic E-state index is 11.2. The molecule has 0 aliphatic rings. The first-order valence-corrected chi connectivity index (χ1v) is 4.78. The van der Waals surface area contributed by atoms with E-state index in [0.29, 0.717) is 0 Å². The Balaban J connectivity index is 2.69. The van der Waals surface area contributed by atoms with Gasteiger partial charge in [0.25, 0.3) is 0 Å². The van der Waals surface area contributed by atoms with E-state index in [1.54, 1.807) is 0 Å². The molecule has 0 aliphatic heterocycles. The number of nitrogens with two attached hydrogens (primary N) is 1. The maximum Gasteiger partial charge on any atom is 0.250 e. The predicted octanol–water partition coefficient (Wildman–Crippen LogP) is 1.29. The van der Waals surface area contributed by atoms with E-state index in [-0.39, 0.29) is 18.6 Å². The summed E-state index contributed by atoms with van der Waals surface area (Å²) in [6.45, 7) is 1.96. The molecule has 1 unspecified atom stereocenters. The lowest BCUT2D eigenvalue weighted by Crippen LogP contribution is -2.17. The number of hydrogen-bond acceptors (Lipinski definition) is 3. The molecule has 82 valence electrons. The zero-order valence-corrected chi connectivity index (χ0v) is 8.99. The number of hydrogen-bond donors (Lipinski definition) is 2. The summed E-state index contributed by atoms with van der Waals surface area (Å²) in [7, 11) is 1.48. The minimum absolute atomic E-state index is 0.0377. The summed E-state index contributed by atoms with van der Waals surface area (Å²) in [5.41, 5.74) is 7.47. The van der Waals surface area contributed by atoms with E-state index in [2.05, 4.69) is 5.32 Å². The van der Waals surface area contributed by atoms with E-state index in [9.17, 15) is 4.79 Å². The highest BCUT2D eigenvalue weighted by Gasteiger charge is 2.03. The first-order chi connectivity index (χ1) is 7.13. The third-order valence-corrected chi connectivity index (χ3v) is 1.97. The molecular formula is C11H16N2O2. The fraction of sp³-hybridized carbons (Fsp3) is 0.364. The summed E-state index contributed by atoms with van der Waals surface area (Å²) >= 11 is 0. The molecule has 0 saturated carbocycles. The third-order valence-electron chi connectivity index (χ3n) is 1.97. The molecule has 1 aromatic rings. The van der Waals surface area contributed by atoms with Crippen molar-refractivity contribution >= 4 is 11.6 Å². The van der Waals surface area contributed by atoms with Crippen molar-refractivity contribution in [3.05, 3.63) is 29.8 Å². The average Bonchev–Trinajstić information content (AvgIpc) is 2.18. The maximum atomic E-state index is 11.2. The molecule has 0 fully saturated rings. The molecule has 1 atom stereocenters. The topological polar surface area (TPSA) is 64.3 Å². The van der Waals surface area contributed by atoms with Crippen LogP contribution in [0.1, 0.15) is 18.5 Å². The van der Waals surface area contributed by atoms with Crippen LogP contribution in [0.25, 0.3) is 0 Å². The first-order valence-electron chi connectivity index (χ1n) is 4.78. The van der Waals surface area contributed by atoms with Gasteiger partial charge in [0.15, 0.2) is 0 Å². The highest BCUT2D eigenvalue weighted by atomic mass is 16.5. The van der Waals surface area contributed by atoms with Gasteiger partial charge in [-0.1, -0.05) is 12.1 Å². The van der Waals surface area contributed by atoms with Crippen LogP contribution >= 0.6 is 0 Å². The number of nitrogens with one attached hydrogen (secondary N) is 1. The lowest BCUT2D eigenvalue weighted by molar-refractivity contribution is -0.119. The van der Waals surface area contributed by atoms with Gasteiger partial charge in [-0.3, -0.25) is 4.79 Å². The van der Waals surface area contributed by atoms with Crippen LogP contribution in [0.2, 0.25) is 0 Å². The van der Waals surface area contributed by atoms with Crippen LogP contribution in [0.3, 0.4) is 0 Å². The number of carbonyl (C=O) groups is 1. The molecule has 1 amide bonds. The van der Waals surface area contributed by atoms with Gasteiger partial charge in [-0.15, -0.1) is 0 Å². The molecule has 1 rings (SSSR count). The second-order valence-electron chi connectivity index (χ2n) is 3.40. The first kappa shape index (κ1) is 11.7. The number of carbonyl (C=O) groups excluding carboxylic acids is 1. The van der Waals surface area contributed by atoms with Gasteiger partial charge in [-0.05, 0) is 24.6 Å². The SMILES string of the molecule is COCC(=O)Nc1cccc(C(C)N)c1. The zero-order valence-electron chi connectivity index (χ0n) is 8.99. The summed E-state index contributed by atoms with van der Waals surface area (Å²) in [5.74, 6) is -0.167. The van der Waals surface area contributed by atoms with Gasteiger partial charge in [-0.25, -0.2) is 0 Å². The molecular weight excluding hydrogens is 192 g/mol. The van der Waals surface area contributed by atoms with E-state index < -0.39 is 0 Å². The summed E-state index contributed by atoms with van der Waals surface area (Å²) in [4.78, 5) is 11.2. The molecule has 1 aromatic carbocycles. The fourth-order valence-corrected chi connectivity index (χ4v) is 1.23. The number of anilines is 1. The van der Waals surface area contributed by atoms with Gasteiger partial charge in [0.1, 0.15) is 6.61 Å². The molecule has 0 heterocycles. The van der Waals surface area contributed by atoms with Crippen LogP contribution < -0.4 is 11.1 Å². The van der Waals surface area contributed by atoms with Crippen LogP contribution in [-0.2, 0) is 9.53 Å². The van der Waals surface area contributed by atoms with Crippen molar-refractivity contribution < 1.29 is 9.53 Å². The Labute approximate surface area is 89.4 Å². The van der Waals surface area contributed by atoms with Crippen LogP contribution in [0.4, 0.5) is 5.69 Å². The number of rotatable bonds is 4. The van der Waals surface area contributed by atoms with Crippen molar-refractivity contribution in [2.24, 2.45) is 5.73 Å². The van der Waals surface area contributed by atoms with Crippen molar-refractivity contribution in [3.63, 3.8) is 0 Å². The average molecular weight is 208 g/mol. The molecule has 15 heavy (non-hydrogen) atoms. The smallest absolute Gasteiger partial charge is 0.250 e. The Morgan fingerprint density at radius 2 is 2.33 bits per heavy atom. The molecule has 0 bridgehead atoms. The largest absolute Gasteiger partial charge is 0.375 e. The normalized spacial score (nSPS) is 12.2. The second-order valence-corrected chi connectivity index (χ2v) is 3.40. The van der Waals surface area contributed by atoms with Crippen molar-refractivity contribution in [2.45, 2.75) is 13.0 Å². The Kier molecular flexibility index (Phi) is 4.27. The Morgan fingerprint density at radius 1 is 1.60 bits per heavy atom. The Morgan fingerprint density at radius 3 is 2.93 bits per heavy atom. The number of methoxy groups -OCH3 is 1. The summed E-state index contributed by atoms with van der Waals surface area (Å²) in [6, 6.07) is 7.43. The van der Waals surface area contributed by atoms with E-state index in [1.165, 1.54) is 7.11 Å². The number of amides is 1. The number of benzene rings is 1. The van der Waals surface area contributed by atoms with Gasteiger partial charge in [0.05, 0.1) is 0 Å². The van der Waals surface area contributed by atoms with Crippen LogP contribution in [0.15, 0.2) is 24.3 Å². The monoisotopic (exact) mass is 208 g/mol. The molecule has 0 spiro atoms. The Bertz CT molecular complexity index is 337. The minimum Gasteiger partial charge on any atom is -0.375 e. The lowest BCUT2D eigenvalue weighted by atomic mass is 10.1. The van der Waals surface area contributed by atoms with Crippen LogP contribution in [0, 0.1) is 0 Å². The van der Waals surface area contributed by atoms with Gasteiger partial charge in [-0.2, -0.15) is 0 Å². The lowest BCUT2D eigenvalue weighted by Gasteiger charge is -2.09. The van der Waals surface area contributed by atoms with Crippen LogP contribution in [0.5, 0.6) is 0 Å². The van der Waals surface area contributed by atoms with E-state index in [4.69, 9.17) is 10.5 Å². The molecule has 0 aromatic heterocycles. The van der Waals surface area contributed by atoms with E-state index in [0.717, 1.165) is 11.3 Å². The van der Waals surface area contributed by atoms with Crippen molar-refractivity contribution in [1.82, 2.24) is 0 Å². The highest BCUT2D eigenvalue weighted by molar-refractivity contribution is 5.91. The van der Waals surface area contributed by atoms with Crippen molar-refractivity contribution in [2.75, 3.05) is 19.0 Å². The Hall–Kier alpha value is -1.39. The number of ether oxygens (including phenoxy) is 1. The van der Waals surface area contributed by atoms with Gasteiger partial charge >= 0.3 is 0 Å². The molecule has 0 saturated heterocycles. The molecule has 4 nitrogen and oxygen atoms in total. The second kappa shape index (κ2) is 5.48. The van der Waals surface area contributed by atoms with Crippen molar-refractivity contribution in [1.29, 1.82) is 0 Å². The third kappa shape index (κ3) is 3.69. The van der Waals surface area contributed by atoms with Crippen LogP contribution in [-0.4, -0.2) is 19.6 Å². The van der Waals surface area contributed by atoms with Gasteiger partial charge in [0.2, 0.25) is 5.91 Å². The highest BCUT2D eigenvalue weighted by Crippen LogP contribution is 2.15. The van der Waals surface area contributed by atoms with E-state index in [1.807, 2.05) is 31.2 Å². The summed E-state index contributed by atoms with van der Waals surface area (Å²) < 4.78 is 4.72. The molecule has 4 heteroatoms. The zero-order chi connectivity index (χ0) is 11.3.